The lowest BCUT2D eigenvalue weighted by Crippen LogP contribution is -2.31. The van der Waals surface area contributed by atoms with Crippen LogP contribution in [0.5, 0.6) is 0 Å². The SMILES string of the molecule is CCN(c1ccccc1)S(=O)(=O)c1ccccc1NC(=O)c1ccnc(NC(C)=O)c1. The fourth-order valence-electron chi connectivity index (χ4n) is 3.01. The first kappa shape index (κ1) is 22.0. The minimum atomic E-state index is -3.94. The molecule has 160 valence electrons. The van der Waals surface area contributed by atoms with Crippen molar-refractivity contribution in [2.75, 3.05) is 21.5 Å². The quantitative estimate of drug-likeness (QED) is 0.587. The Morgan fingerprint density at radius 1 is 0.968 bits per heavy atom. The first-order chi connectivity index (χ1) is 14.8. The number of sulfonamides is 1. The number of para-hydroxylation sites is 2. The number of carbonyl (C=O) groups is 2. The summed E-state index contributed by atoms with van der Waals surface area (Å²) in [5.41, 5.74) is 0.904. The summed E-state index contributed by atoms with van der Waals surface area (Å²) >= 11 is 0. The van der Waals surface area contributed by atoms with Crippen molar-refractivity contribution < 1.29 is 18.0 Å². The van der Waals surface area contributed by atoms with Crippen molar-refractivity contribution in [1.29, 1.82) is 0 Å². The average Bonchev–Trinajstić information content (AvgIpc) is 2.75. The monoisotopic (exact) mass is 438 g/mol. The van der Waals surface area contributed by atoms with Crippen LogP contribution >= 0.6 is 0 Å². The normalized spacial score (nSPS) is 10.9. The molecule has 3 aromatic rings. The third-order valence-electron chi connectivity index (χ3n) is 4.36. The van der Waals surface area contributed by atoms with E-state index in [1.807, 2.05) is 6.07 Å². The van der Waals surface area contributed by atoms with E-state index < -0.39 is 15.9 Å². The predicted octanol–water partition coefficient (Wildman–Crippen LogP) is 3.51. The van der Waals surface area contributed by atoms with Gasteiger partial charge in [0.25, 0.3) is 15.9 Å². The fourth-order valence-corrected chi connectivity index (χ4v) is 4.64. The van der Waals surface area contributed by atoms with Crippen molar-refractivity contribution in [2.24, 2.45) is 0 Å². The van der Waals surface area contributed by atoms with Gasteiger partial charge in [-0.25, -0.2) is 13.4 Å². The van der Waals surface area contributed by atoms with Crippen LogP contribution in [-0.4, -0.2) is 31.8 Å². The van der Waals surface area contributed by atoms with Gasteiger partial charge in [0.05, 0.1) is 11.4 Å². The van der Waals surface area contributed by atoms with Gasteiger partial charge in [-0.2, -0.15) is 0 Å². The van der Waals surface area contributed by atoms with Gasteiger partial charge in [0.2, 0.25) is 5.91 Å². The minimum Gasteiger partial charge on any atom is -0.321 e. The average molecular weight is 439 g/mol. The maximum atomic E-state index is 13.4. The van der Waals surface area contributed by atoms with Crippen molar-refractivity contribution in [1.82, 2.24) is 4.98 Å². The summed E-state index contributed by atoms with van der Waals surface area (Å²) in [6.45, 7) is 3.30. The van der Waals surface area contributed by atoms with E-state index in [0.29, 0.717) is 5.69 Å². The van der Waals surface area contributed by atoms with Crippen LogP contribution < -0.4 is 14.9 Å². The predicted molar refractivity (Wildman–Crippen MR) is 120 cm³/mol. The lowest BCUT2D eigenvalue weighted by molar-refractivity contribution is -0.114. The molecule has 9 heteroatoms. The van der Waals surface area contributed by atoms with Crippen molar-refractivity contribution in [3.63, 3.8) is 0 Å². The topological polar surface area (TPSA) is 108 Å². The molecule has 0 fully saturated rings. The number of anilines is 3. The first-order valence-electron chi connectivity index (χ1n) is 9.54. The van der Waals surface area contributed by atoms with Gasteiger partial charge >= 0.3 is 0 Å². The molecule has 1 aromatic heterocycles. The molecule has 0 radical (unpaired) electrons. The Kier molecular flexibility index (Phi) is 6.66. The van der Waals surface area contributed by atoms with Crippen molar-refractivity contribution in [3.05, 3.63) is 78.5 Å². The van der Waals surface area contributed by atoms with Crippen LogP contribution in [0.1, 0.15) is 24.2 Å². The summed E-state index contributed by atoms with van der Waals surface area (Å²) in [7, 11) is -3.94. The summed E-state index contributed by atoms with van der Waals surface area (Å²) in [5.74, 6) is -0.622. The molecular weight excluding hydrogens is 416 g/mol. The molecule has 0 atom stereocenters. The van der Waals surface area contributed by atoms with Crippen LogP contribution in [0.2, 0.25) is 0 Å². The van der Waals surface area contributed by atoms with Crippen molar-refractivity contribution >= 4 is 39.0 Å². The molecule has 0 spiro atoms. The standard InChI is InChI=1S/C22H22N4O4S/c1-3-26(18-9-5-4-6-10-18)31(29,30)20-12-8-7-11-19(20)25-22(28)17-13-14-23-21(15-17)24-16(2)27/h4-15H,3H2,1-2H3,(H,25,28)(H,23,24,27). The maximum Gasteiger partial charge on any atom is 0.266 e. The first-order valence-corrected chi connectivity index (χ1v) is 11.0. The van der Waals surface area contributed by atoms with Gasteiger partial charge in [0, 0.05) is 25.2 Å². The Labute approximate surface area is 181 Å². The molecule has 0 saturated heterocycles. The number of hydrogen-bond acceptors (Lipinski definition) is 5. The van der Waals surface area contributed by atoms with E-state index >= 15 is 0 Å². The molecule has 1 heterocycles. The molecule has 31 heavy (non-hydrogen) atoms. The second kappa shape index (κ2) is 9.40. The Morgan fingerprint density at radius 2 is 1.65 bits per heavy atom. The number of hydrogen-bond donors (Lipinski definition) is 2. The Balaban J connectivity index is 1.93. The highest BCUT2D eigenvalue weighted by molar-refractivity contribution is 7.93. The lowest BCUT2D eigenvalue weighted by Gasteiger charge is -2.24. The van der Waals surface area contributed by atoms with Crippen molar-refractivity contribution in [2.45, 2.75) is 18.7 Å². The zero-order valence-electron chi connectivity index (χ0n) is 17.1. The highest BCUT2D eigenvalue weighted by Crippen LogP contribution is 2.28. The molecule has 0 aliphatic rings. The summed E-state index contributed by atoms with van der Waals surface area (Å²) in [6.07, 6.45) is 1.39. The van der Waals surface area contributed by atoms with Gasteiger partial charge < -0.3 is 10.6 Å². The Hall–Kier alpha value is -3.72. The number of benzene rings is 2. The highest BCUT2D eigenvalue weighted by atomic mass is 32.2. The van der Waals surface area contributed by atoms with Crippen LogP contribution in [0.25, 0.3) is 0 Å². The molecule has 8 nitrogen and oxygen atoms in total. The van der Waals surface area contributed by atoms with E-state index in [-0.39, 0.29) is 34.4 Å². The zero-order chi connectivity index (χ0) is 22.4. The molecule has 0 aliphatic carbocycles. The summed E-state index contributed by atoms with van der Waals surface area (Å²) in [4.78, 5) is 28.0. The van der Waals surface area contributed by atoms with Gasteiger partial charge in [-0.05, 0) is 43.3 Å². The molecule has 0 unspecified atom stereocenters. The molecule has 2 amide bonds. The summed E-state index contributed by atoms with van der Waals surface area (Å²) in [5, 5.41) is 5.17. The van der Waals surface area contributed by atoms with Gasteiger partial charge in [-0.15, -0.1) is 0 Å². The minimum absolute atomic E-state index is 0.0230. The summed E-state index contributed by atoms with van der Waals surface area (Å²) < 4.78 is 28.1. The molecule has 2 N–H and O–H groups in total. The zero-order valence-corrected chi connectivity index (χ0v) is 17.9. The van der Waals surface area contributed by atoms with Gasteiger partial charge in [-0.3, -0.25) is 13.9 Å². The Bertz CT molecular complexity index is 1200. The Morgan fingerprint density at radius 3 is 2.32 bits per heavy atom. The molecule has 3 rings (SSSR count). The van der Waals surface area contributed by atoms with E-state index in [4.69, 9.17) is 0 Å². The largest absolute Gasteiger partial charge is 0.321 e. The van der Waals surface area contributed by atoms with Gasteiger partial charge in [0.1, 0.15) is 10.7 Å². The number of nitrogens with zero attached hydrogens (tertiary/aromatic N) is 2. The van der Waals surface area contributed by atoms with Crippen LogP contribution in [0.3, 0.4) is 0 Å². The molecule has 0 bridgehead atoms. The van der Waals surface area contributed by atoms with E-state index in [9.17, 15) is 18.0 Å². The second-order valence-electron chi connectivity index (χ2n) is 6.57. The van der Waals surface area contributed by atoms with Crippen LogP contribution in [0.15, 0.2) is 77.8 Å². The summed E-state index contributed by atoms with van der Waals surface area (Å²) in [6, 6.07) is 17.9. The van der Waals surface area contributed by atoms with E-state index in [2.05, 4.69) is 15.6 Å². The smallest absolute Gasteiger partial charge is 0.266 e. The number of aromatic nitrogens is 1. The molecular formula is C22H22N4O4S. The van der Waals surface area contributed by atoms with Gasteiger partial charge in [-0.1, -0.05) is 30.3 Å². The van der Waals surface area contributed by atoms with Crippen LogP contribution in [0.4, 0.5) is 17.2 Å². The third kappa shape index (κ3) is 5.07. The van der Waals surface area contributed by atoms with Crippen molar-refractivity contribution in [3.8, 4) is 0 Å². The maximum absolute atomic E-state index is 13.4. The fraction of sp³-hybridized carbons (Fsp3) is 0.136. The number of rotatable bonds is 7. The number of nitrogens with one attached hydrogen (secondary N) is 2. The van der Waals surface area contributed by atoms with Crippen LogP contribution in [-0.2, 0) is 14.8 Å². The highest BCUT2D eigenvalue weighted by Gasteiger charge is 2.27. The van der Waals surface area contributed by atoms with Gasteiger partial charge in [0.15, 0.2) is 0 Å². The van der Waals surface area contributed by atoms with Crippen LogP contribution in [0, 0.1) is 0 Å². The van der Waals surface area contributed by atoms with E-state index in [0.717, 1.165) is 0 Å². The number of amides is 2. The number of pyridine rings is 1. The number of carbonyl (C=O) groups excluding carboxylic acids is 2. The lowest BCUT2D eigenvalue weighted by atomic mass is 10.2. The van der Waals surface area contributed by atoms with E-state index in [1.165, 1.54) is 41.7 Å². The second-order valence-corrected chi connectivity index (χ2v) is 8.40. The molecule has 2 aromatic carbocycles. The van der Waals surface area contributed by atoms with E-state index in [1.54, 1.807) is 43.3 Å². The molecule has 0 saturated carbocycles. The molecule has 0 aliphatic heterocycles. The third-order valence-corrected chi connectivity index (χ3v) is 6.32.